The van der Waals surface area contributed by atoms with Crippen molar-refractivity contribution in [3.05, 3.63) is 36.1 Å². The van der Waals surface area contributed by atoms with Crippen molar-refractivity contribution >= 4 is 17.5 Å². The number of rotatable bonds is 5. The molecule has 1 amide bonds. The minimum Gasteiger partial charge on any atom is -0.487 e. The number of carbonyl (C=O) groups excluding carboxylic acids is 1. The molecule has 0 aromatic carbocycles. The monoisotopic (exact) mass is 294 g/mol. The van der Waals surface area contributed by atoms with Gasteiger partial charge >= 0.3 is 0 Å². The Morgan fingerprint density at radius 2 is 2.50 bits per heavy atom. The van der Waals surface area contributed by atoms with Crippen molar-refractivity contribution in [2.75, 3.05) is 13.1 Å². The van der Waals surface area contributed by atoms with Crippen molar-refractivity contribution in [1.29, 1.82) is 0 Å². The second kappa shape index (κ2) is 7.29. The molecule has 5 heteroatoms. The van der Waals surface area contributed by atoms with Gasteiger partial charge in [0.2, 0.25) is 5.91 Å². The molecule has 20 heavy (non-hydrogen) atoms. The van der Waals surface area contributed by atoms with Gasteiger partial charge in [0.05, 0.1) is 6.54 Å². The highest BCUT2D eigenvalue weighted by atomic mass is 35.5. The molecule has 1 aromatic heterocycles. The highest BCUT2D eigenvalue weighted by Gasteiger charge is 2.24. The van der Waals surface area contributed by atoms with Crippen LogP contribution in [0.4, 0.5) is 0 Å². The summed E-state index contributed by atoms with van der Waals surface area (Å²) in [6.07, 6.45) is 8.10. The van der Waals surface area contributed by atoms with Gasteiger partial charge < -0.3 is 9.64 Å². The molecule has 0 N–H and O–H groups in total. The minimum absolute atomic E-state index is 0.00340. The van der Waals surface area contributed by atoms with E-state index in [0.29, 0.717) is 23.7 Å². The Bertz CT molecular complexity index is 479. The van der Waals surface area contributed by atoms with Crippen LogP contribution >= 0.6 is 11.6 Å². The van der Waals surface area contributed by atoms with E-state index in [-0.39, 0.29) is 12.0 Å². The molecular formula is C15H19ClN2O2. The first-order valence-electron chi connectivity index (χ1n) is 6.85. The van der Waals surface area contributed by atoms with E-state index in [9.17, 15) is 4.79 Å². The van der Waals surface area contributed by atoms with Crippen LogP contribution in [0.25, 0.3) is 0 Å². The van der Waals surface area contributed by atoms with Crippen molar-refractivity contribution in [2.45, 2.75) is 31.8 Å². The third-order valence-electron chi connectivity index (χ3n) is 3.32. The molecule has 108 valence electrons. The van der Waals surface area contributed by atoms with Gasteiger partial charge in [0.25, 0.3) is 0 Å². The number of ether oxygens (including phenoxy) is 1. The predicted molar refractivity (Wildman–Crippen MR) is 78.9 cm³/mol. The van der Waals surface area contributed by atoms with Crippen LogP contribution in [0.2, 0.25) is 5.02 Å². The number of hydrogen-bond donors (Lipinski definition) is 0. The van der Waals surface area contributed by atoms with Crippen LogP contribution < -0.4 is 4.74 Å². The highest BCUT2D eigenvalue weighted by molar-refractivity contribution is 6.31. The lowest BCUT2D eigenvalue weighted by Crippen LogP contribution is -2.44. The third kappa shape index (κ3) is 3.97. The number of carbonyl (C=O) groups is 1. The number of amides is 1. The first-order valence-corrected chi connectivity index (χ1v) is 7.23. The van der Waals surface area contributed by atoms with E-state index in [1.165, 1.54) is 0 Å². The summed E-state index contributed by atoms with van der Waals surface area (Å²) in [6.45, 7) is 5.07. The Balaban J connectivity index is 1.92. The first kappa shape index (κ1) is 14.9. The quantitative estimate of drug-likeness (QED) is 0.784. The summed E-state index contributed by atoms with van der Waals surface area (Å²) in [6, 6.07) is 1.75. The smallest absolute Gasteiger partial charge is 0.223 e. The van der Waals surface area contributed by atoms with Crippen LogP contribution in [0.1, 0.15) is 25.7 Å². The Kier molecular flexibility index (Phi) is 5.41. The molecule has 1 saturated heterocycles. The maximum atomic E-state index is 12.0. The lowest BCUT2D eigenvalue weighted by molar-refractivity contribution is -0.133. The summed E-state index contributed by atoms with van der Waals surface area (Å²) in [5.41, 5.74) is 0. The average molecular weight is 295 g/mol. The zero-order valence-corrected chi connectivity index (χ0v) is 12.2. The number of halogens is 1. The molecule has 0 spiro atoms. The van der Waals surface area contributed by atoms with Crippen LogP contribution in [0.5, 0.6) is 5.75 Å². The van der Waals surface area contributed by atoms with Crippen LogP contribution in [0, 0.1) is 0 Å². The molecule has 1 aliphatic rings. The van der Waals surface area contributed by atoms with E-state index in [0.717, 1.165) is 25.8 Å². The predicted octanol–water partition coefficient (Wildman–Crippen LogP) is 3.07. The average Bonchev–Trinajstić information content (AvgIpc) is 2.47. The van der Waals surface area contributed by atoms with Gasteiger partial charge in [-0.3, -0.25) is 9.78 Å². The maximum absolute atomic E-state index is 12.0. The van der Waals surface area contributed by atoms with Gasteiger partial charge in [0.15, 0.2) is 0 Å². The molecule has 1 atom stereocenters. The second-order valence-corrected chi connectivity index (χ2v) is 5.26. The molecule has 4 nitrogen and oxygen atoms in total. The largest absolute Gasteiger partial charge is 0.487 e. The summed E-state index contributed by atoms with van der Waals surface area (Å²) < 4.78 is 5.88. The molecule has 2 heterocycles. The Labute approximate surface area is 124 Å². The van der Waals surface area contributed by atoms with Crippen molar-refractivity contribution < 1.29 is 9.53 Å². The number of nitrogens with zero attached hydrogens (tertiary/aromatic N) is 2. The number of allylic oxidation sites excluding steroid dienone is 1. The zero-order valence-electron chi connectivity index (χ0n) is 11.4. The minimum atomic E-state index is -0.00340. The van der Waals surface area contributed by atoms with Crippen molar-refractivity contribution in [3.8, 4) is 5.75 Å². The van der Waals surface area contributed by atoms with E-state index >= 15 is 0 Å². The Hall–Kier alpha value is -1.55. The molecule has 0 radical (unpaired) electrons. The number of hydrogen-bond acceptors (Lipinski definition) is 3. The fraction of sp³-hybridized carbons (Fsp3) is 0.467. The molecule has 0 aliphatic carbocycles. The van der Waals surface area contributed by atoms with Gasteiger partial charge in [-0.25, -0.2) is 0 Å². The van der Waals surface area contributed by atoms with Crippen LogP contribution in [-0.2, 0) is 4.79 Å². The number of aromatic nitrogens is 1. The normalized spacial score (nSPS) is 18.6. The van der Waals surface area contributed by atoms with Gasteiger partial charge in [-0.1, -0.05) is 17.7 Å². The topological polar surface area (TPSA) is 42.4 Å². The van der Waals surface area contributed by atoms with E-state index < -0.39 is 0 Å². The Morgan fingerprint density at radius 3 is 3.25 bits per heavy atom. The van der Waals surface area contributed by atoms with Gasteiger partial charge in [-0.2, -0.15) is 0 Å². The number of likely N-dealkylation sites (tertiary alicyclic amines) is 1. The van der Waals surface area contributed by atoms with Gasteiger partial charge in [0, 0.05) is 31.4 Å². The lowest BCUT2D eigenvalue weighted by Gasteiger charge is -2.33. The lowest BCUT2D eigenvalue weighted by atomic mass is 10.1. The summed E-state index contributed by atoms with van der Waals surface area (Å²) >= 11 is 6.03. The van der Waals surface area contributed by atoms with E-state index in [1.807, 2.05) is 4.90 Å². The molecule has 0 unspecified atom stereocenters. The standard InChI is InChI=1S/C15H19ClN2O2/c1-2-3-6-15(19)18-9-4-5-12(11-18)20-14-7-8-17-10-13(14)16/h2,7-8,10,12H,1,3-6,9,11H2/t12-/m0/s1. The molecule has 0 bridgehead atoms. The van der Waals surface area contributed by atoms with Crippen LogP contribution in [0.3, 0.4) is 0 Å². The van der Waals surface area contributed by atoms with E-state index in [1.54, 1.807) is 24.5 Å². The summed E-state index contributed by atoms with van der Waals surface area (Å²) in [5, 5.41) is 0.502. The van der Waals surface area contributed by atoms with E-state index in [2.05, 4.69) is 11.6 Å². The molecule has 1 fully saturated rings. The maximum Gasteiger partial charge on any atom is 0.223 e. The second-order valence-electron chi connectivity index (χ2n) is 4.86. The van der Waals surface area contributed by atoms with Crippen LogP contribution in [-0.4, -0.2) is 35.0 Å². The van der Waals surface area contributed by atoms with Crippen molar-refractivity contribution in [3.63, 3.8) is 0 Å². The van der Waals surface area contributed by atoms with E-state index in [4.69, 9.17) is 16.3 Å². The molecule has 2 rings (SSSR count). The van der Waals surface area contributed by atoms with Gasteiger partial charge in [-0.05, 0) is 19.3 Å². The molecule has 1 aromatic rings. The number of piperidine rings is 1. The van der Waals surface area contributed by atoms with Gasteiger partial charge in [-0.15, -0.1) is 6.58 Å². The SMILES string of the molecule is C=CCCC(=O)N1CCC[C@H](Oc2ccncc2Cl)C1. The highest BCUT2D eigenvalue weighted by Crippen LogP contribution is 2.25. The number of pyridine rings is 1. The molecular weight excluding hydrogens is 276 g/mol. The summed E-state index contributed by atoms with van der Waals surface area (Å²) in [4.78, 5) is 17.8. The van der Waals surface area contributed by atoms with Gasteiger partial charge in [0.1, 0.15) is 16.9 Å². The fourth-order valence-electron chi connectivity index (χ4n) is 2.28. The van der Waals surface area contributed by atoms with Crippen molar-refractivity contribution in [1.82, 2.24) is 9.88 Å². The zero-order chi connectivity index (χ0) is 14.4. The molecule has 1 aliphatic heterocycles. The van der Waals surface area contributed by atoms with Crippen molar-refractivity contribution in [2.24, 2.45) is 0 Å². The third-order valence-corrected chi connectivity index (χ3v) is 3.61. The van der Waals surface area contributed by atoms with Crippen LogP contribution in [0.15, 0.2) is 31.1 Å². The summed E-state index contributed by atoms with van der Waals surface area (Å²) in [7, 11) is 0. The molecule has 0 saturated carbocycles. The first-order chi connectivity index (χ1) is 9.70. The summed E-state index contributed by atoms with van der Waals surface area (Å²) in [5.74, 6) is 0.797. The fourth-order valence-corrected chi connectivity index (χ4v) is 2.45. The Morgan fingerprint density at radius 1 is 1.65 bits per heavy atom.